The third-order valence-electron chi connectivity index (χ3n) is 4.03. The van der Waals surface area contributed by atoms with E-state index in [2.05, 4.69) is 4.98 Å². The first-order valence-electron chi connectivity index (χ1n) is 7.45. The minimum atomic E-state index is 0.723. The highest BCUT2D eigenvalue weighted by Gasteiger charge is 2.17. The van der Waals surface area contributed by atoms with Gasteiger partial charge in [0.15, 0.2) is 20.9 Å². The van der Waals surface area contributed by atoms with Crippen LogP contribution in [0.1, 0.15) is 5.82 Å². The van der Waals surface area contributed by atoms with Crippen molar-refractivity contribution in [2.75, 3.05) is 0 Å². The fourth-order valence-corrected chi connectivity index (χ4v) is 4.37. The van der Waals surface area contributed by atoms with Crippen LogP contribution in [0.2, 0.25) is 0 Å². The van der Waals surface area contributed by atoms with Gasteiger partial charge in [-0.2, -0.15) is 0 Å². The van der Waals surface area contributed by atoms with Crippen molar-refractivity contribution in [2.24, 2.45) is 0 Å². The SMILES string of the molecule is Cc1nc2c(sc(=S)n2-c2ccccc2)c2nc3ncccc3n12. The lowest BCUT2D eigenvalue weighted by molar-refractivity contribution is 0.999. The highest BCUT2D eigenvalue weighted by Crippen LogP contribution is 2.30. The second kappa shape index (κ2) is 4.93. The molecule has 24 heavy (non-hydrogen) atoms. The van der Waals surface area contributed by atoms with Gasteiger partial charge in [0, 0.05) is 11.9 Å². The van der Waals surface area contributed by atoms with Gasteiger partial charge in [0.2, 0.25) is 0 Å². The first-order valence-corrected chi connectivity index (χ1v) is 8.67. The Labute approximate surface area is 145 Å². The summed E-state index contributed by atoms with van der Waals surface area (Å²) in [7, 11) is 0. The fourth-order valence-electron chi connectivity index (χ4n) is 3.01. The second-order valence-electron chi connectivity index (χ2n) is 5.47. The van der Waals surface area contributed by atoms with Crippen LogP contribution in [-0.4, -0.2) is 23.9 Å². The first kappa shape index (κ1) is 13.8. The zero-order chi connectivity index (χ0) is 16.3. The van der Waals surface area contributed by atoms with E-state index < -0.39 is 0 Å². The third-order valence-corrected chi connectivity index (χ3v) is 5.39. The van der Waals surface area contributed by atoms with E-state index in [1.807, 2.05) is 58.4 Å². The van der Waals surface area contributed by atoms with Crippen molar-refractivity contribution < 1.29 is 0 Å². The average Bonchev–Trinajstić information content (AvgIpc) is 3.14. The highest BCUT2D eigenvalue weighted by atomic mass is 32.1. The average molecular weight is 349 g/mol. The number of para-hydroxylation sites is 1. The number of hydrogen-bond acceptors (Lipinski definition) is 5. The van der Waals surface area contributed by atoms with Crippen LogP contribution in [0.15, 0.2) is 48.7 Å². The number of pyridine rings is 1. The summed E-state index contributed by atoms with van der Waals surface area (Å²) >= 11 is 7.14. The monoisotopic (exact) mass is 349 g/mol. The highest BCUT2D eigenvalue weighted by molar-refractivity contribution is 7.73. The van der Waals surface area contributed by atoms with Gasteiger partial charge in [-0.05, 0) is 43.4 Å². The molecule has 0 radical (unpaired) electrons. The zero-order valence-corrected chi connectivity index (χ0v) is 14.3. The largest absolute Gasteiger partial charge is 0.277 e. The topological polar surface area (TPSA) is 48.0 Å². The molecule has 0 fully saturated rings. The standard InChI is InChI=1S/C17H11N5S2/c1-10-19-15-13(16-20-14-12(21(10)16)8-5-9-18-14)24-17(23)22(15)11-6-3-2-4-7-11/h2-9H,1H3. The molecule has 4 aromatic heterocycles. The number of benzene rings is 1. The number of aryl methyl sites for hydroxylation is 1. The number of hydrogen-bond donors (Lipinski definition) is 0. The Morgan fingerprint density at radius 2 is 1.83 bits per heavy atom. The maximum Gasteiger partial charge on any atom is 0.178 e. The van der Waals surface area contributed by atoms with Crippen LogP contribution in [0.25, 0.3) is 32.8 Å². The van der Waals surface area contributed by atoms with Crippen LogP contribution in [-0.2, 0) is 0 Å². The van der Waals surface area contributed by atoms with E-state index >= 15 is 0 Å². The molecule has 0 aliphatic rings. The van der Waals surface area contributed by atoms with Gasteiger partial charge in [-0.25, -0.2) is 15.0 Å². The Hall–Kier alpha value is -2.64. The van der Waals surface area contributed by atoms with Crippen molar-refractivity contribution in [1.29, 1.82) is 0 Å². The molecular weight excluding hydrogens is 338 g/mol. The number of aromatic nitrogens is 5. The number of imidazole rings is 1. The summed E-state index contributed by atoms with van der Waals surface area (Å²) in [5.74, 6) is 0.866. The summed E-state index contributed by atoms with van der Waals surface area (Å²) in [5.41, 5.74) is 4.40. The molecule has 0 N–H and O–H groups in total. The summed E-state index contributed by atoms with van der Waals surface area (Å²) in [6.07, 6.45) is 1.76. The Morgan fingerprint density at radius 1 is 1.00 bits per heavy atom. The number of nitrogens with zero attached hydrogens (tertiary/aromatic N) is 5. The lowest BCUT2D eigenvalue weighted by atomic mass is 10.3. The van der Waals surface area contributed by atoms with Gasteiger partial charge in [-0.3, -0.25) is 8.97 Å². The summed E-state index contributed by atoms with van der Waals surface area (Å²) in [5, 5.41) is 0. The molecule has 116 valence electrons. The molecule has 0 aliphatic carbocycles. The van der Waals surface area contributed by atoms with E-state index in [9.17, 15) is 0 Å². The van der Waals surface area contributed by atoms with Crippen molar-refractivity contribution in [3.05, 3.63) is 58.4 Å². The van der Waals surface area contributed by atoms with E-state index in [0.717, 1.165) is 42.6 Å². The first-order chi connectivity index (χ1) is 11.7. The van der Waals surface area contributed by atoms with Crippen LogP contribution >= 0.6 is 23.6 Å². The lowest BCUT2D eigenvalue weighted by Gasteiger charge is -2.06. The van der Waals surface area contributed by atoms with Crippen molar-refractivity contribution >= 4 is 50.7 Å². The molecule has 0 aliphatic heterocycles. The zero-order valence-electron chi connectivity index (χ0n) is 12.7. The van der Waals surface area contributed by atoms with Crippen LogP contribution in [0.3, 0.4) is 0 Å². The minimum absolute atomic E-state index is 0.723. The second-order valence-corrected chi connectivity index (χ2v) is 7.11. The van der Waals surface area contributed by atoms with Gasteiger partial charge in [0.1, 0.15) is 10.5 Å². The molecule has 0 unspecified atom stereocenters. The summed E-state index contributed by atoms with van der Waals surface area (Å²) in [6.45, 7) is 1.98. The molecule has 7 heteroatoms. The van der Waals surface area contributed by atoms with E-state index in [1.165, 1.54) is 11.3 Å². The molecule has 0 atom stereocenters. The maximum atomic E-state index is 5.61. The van der Waals surface area contributed by atoms with Gasteiger partial charge >= 0.3 is 0 Å². The van der Waals surface area contributed by atoms with Gasteiger partial charge in [0.25, 0.3) is 0 Å². The number of rotatable bonds is 1. The number of thiazole rings is 1. The molecule has 5 nitrogen and oxygen atoms in total. The summed E-state index contributed by atoms with van der Waals surface area (Å²) < 4.78 is 5.80. The van der Waals surface area contributed by atoms with Crippen molar-refractivity contribution in [1.82, 2.24) is 23.9 Å². The Balaban J connectivity index is 2.00. The summed E-state index contributed by atoms with van der Waals surface area (Å²) in [6, 6.07) is 14.0. The Morgan fingerprint density at radius 3 is 2.67 bits per heavy atom. The third kappa shape index (κ3) is 1.79. The molecule has 0 bridgehead atoms. The molecule has 0 amide bonds. The van der Waals surface area contributed by atoms with Crippen LogP contribution in [0.4, 0.5) is 0 Å². The molecule has 0 saturated heterocycles. The van der Waals surface area contributed by atoms with E-state index in [0.29, 0.717) is 0 Å². The van der Waals surface area contributed by atoms with Gasteiger partial charge in [0.05, 0.1) is 5.52 Å². The lowest BCUT2D eigenvalue weighted by Crippen LogP contribution is -2.00. The quantitative estimate of drug-likeness (QED) is 0.423. The molecular formula is C17H11N5S2. The Kier molecular flexibility index (Phi) is 2.83. The van der Waals surface area contributed by atoms with E-state index in [4.69, 9.17) is 22.2 Å². The van der Waals surface area contributed by atoms with Gasteiger partial charge < -0.3 is 0 Å². The van der Waals surface area contributed by atoms with Crippen molar-refractivity contribution in [3.8, 4) is 5.69 Å². The smallest absolute Gasteiger partial charge is 0.178 e. The van der Waals surface area contributed by atoms with Gasteiger partial charge in [-0.1, -0.05) is 29.5 Å². The molecule has 5 rings (SSSR count). The minimum Gasteiger partial charge on any atom is -0.277 e. The van der Waals surface area contributed by atoms with Crippen molar-refractivity contribution in [2.45, 2.75) is 6.92 Å². The fraction of sp³-hybridized carbons (Fsp3) is 0.0588. The molecule has 0 saturated carbocycles. The molecule has 1 aromatic carbocycles. The Bertz CT molecular complexity index is 1280. The molecule has 5 aromatic rings. The van der Waals surface area contributed by atoms with E-state index in [-0.39, 0.29) is 0 Å². The predicted molar refractivity (Wildman–Crippen MR) is 98.6 cm³/mol. The van der Waals surface area contributed by atoms with Crippen LogP contribution < -0.4 is 0 Å². The van der Waals surface area contributed by atoms with Gasteiger partial charge in [-0.15, -0.1) is 0 Å². The molecule has 0 spiro atoms. The van der Waals surface area contributed by atoms with Crippen molar-refractivity contribution in [3.63, 3.8) is 0 Å². The summed E-state index contributed by atoms with van der Waals surface area (Å²) in [4.78, 5) is 13.9. The van der Waals surface area contributed by atoms with Crippen LogP contribution in [0.5, 0.6) is 0 Å². The van der Waals surface area contributed by atoms with Crippen LogP contribution in [0, 0.1) is 10.9 Å². The number of fused-ring (bicyclic) bond motifs is 5. The molecule has 4 heterocycles. The van der Waals surface area contributed by atoms with E-state index in [1.54, 1.807) is 6.20 Å². The normalized spacial score (nSPS) is 11.7. The maximum absolute atomic E-state index is 5.61. The predicted octanol–water partition coefficient (Wildman–Crippen LogP) is 4.32.